The van der Waals surface area contributed by atoms with Crippen molar-refractivity contribution in [1.82, 2.24) is 0 Å². The van der Waals surface area contributed by atoms with Crippen LogP contribution in [0.4, 0.5) is 5.69 Å². The van der Waals surface area contributed by atoms with Crippen LogP contribution in [0.5, 0.6) is 5.75 Å². The molecule has 0 spiro atoms. The maximum atomic E-state index is 11.3. The van der Waals surface area contributed by atoms with Gasteiger partial charge in [0, 0.05) is 25.6 Å². The molecular weight excluding hydrogens is 234 g/mol. The van der Waals surface area contributed by atoms with Crippen LogP contribution < -0.4 is 10.1 Å². The molecule has 0 heterocycles. The largest absolute Gasteiger partial charge is 0.497 e. The van der Waals surface area contributed by atoms with Crippen LogP contribution in [0.3, 0.4) is 0 Å². The zero-order valence-corrected chi connectivity index (χ0v) is 10.5. The third-order valence-electron chi connectivity index (χ3n) is 3.37. The van der Waals surface area contributed by atoms with Gasteiger partial charge in [0.05, 0.1) is 13.2 Å². The van der Waals surface area contributed by atoms with E-state index in [1.807, 2.05) is 12.1 Å². The summed E-state index contributed by atoms with van der Waals surface area (Å²) in [5, 5.41) is 12.4. The molecule has 1 aliphatic rings. The summed E-state index contributed by atoms with van der Waals surface area (Å²) in [7, 11) is 3.19. The zero-order valence-electron chi connectivity index (χ0n) is 10.5. The first-order valence-electron chi connectivity index (χ1n) is 5.78. The van der Waals surface area contributed by atoms with Crippen molar-refractivity contribution in [2.24, 2.45) is 0 Å². The summed E-state index contributed by atoms with van der Waals surface area (Å²) in [6.45, 7) is 0. The molecule has 0 unspecified atom stereocenters. The Hall–Kier alpha value is -1.75. The number of nitrogens with one attached hydrogen (secondary N) is 1. The molecule has 1 aromatic rings. The van der Waals surface area contributed by atoms with E-state index in [2.05, 4.69) is 5.32 Å². The lowest BCUT2D eigenvalue weighted by atomic mass is 9.74. The molecule has 0 aromatic heterocycles. The third kappa shape index (κ3) is 2.26. The van der Waals surface area contributed by atoms with Crippen LogP contribution in [0, 0.1) is 0 Å². The number of anilines is 1. The normalized spacial score (nSPS) is 26.2. The molecule has 2 N–H and O–H groups in total. The van der Waals surface area contributed by atoms with Crippen molar-refractivity contribution in [1.29, 1.82) is 0 Å². The SMILES string of the molecule is COc1ccc(NC2(C(=O)O)CC(OC)C2)cc1. The minimum atomic E-state index is -0.907. The summed E-state index contributed by atoms with van der Waals surface area (Å²) >= 11 is 0. The van der Waals surface area contributed by atoms with Gasteiger partial charge in [-0.3, -0.25) is 0 Å². The fraction of sp³-hybridized carbons (Fsp3) is 0.462. The zero-order chi connectivity index (χ0) is 13.2. The van der Waals surface area contributed by atoms with Crippen molar-refractivity contribution < 1.29 is 19.4 Å². The topological polar surface area (TPSA) is 67.8 Å². The number of ether oxygens (including phenoxy) is 2. The first-order chi connectivity index (χ1) is 8.59. The molecule has 18 heavy (non-hydrogen) atoms. The molecule has 0 saturated heterocycles. The van der Waals surface area contributed by atoms with Crippen LogP contribution in [-0.2, 0) is 9.53 Å². The van der Waals surface area contributed by atoms with Gasteiger partial charge < -0.3 is 19.9 Å². The lowest BCUT2D eigenvalue weighted by molar-refractivity contribution is -0.151. The Balaban J connectivity index is 2.08. The van der Waals surface area contributed by atoms with Crippen molar-refractivity contribution in [2.75, 3.05) is 19.5 Å². The molecule has 1 aromatic carbocycles. The Kier molecular flexibility index (Phi) is 3.43. The maximum absolute atomic E-state index is 11.3. The van der Waals surface area contributed by atoms with Gasteiger partial charge in [-0.05, 0) is 24.3 Å². The van der Waals surface area contributed by atoms with Crippen molar-refractivity contribution in [2.45, 2.75) is 24.5 Å². The van der Waals surface area contributed by atoms with E-state index in [0.717, 1.165) is 11.4 Å². The fourth-order valence-electron chi connectivity index (χ4n) is 2.16. The quantitative estimate of drug-likeness (QED) is 0.834. The van der Waals surface area contributed by atoms with E-state index >= 15 is 0 Å². The predicted molar refractivity (Wildman–Crippen MR) is 67.0 cm³/mol. The highest BCUT2D eigenvalue weighted by Gasteiger charge is 2.51. The van der Waals surface area contributed by atoms with Gasteiger partial charge in [-0.25, -0.2) is 4.79 Å². The van der Waals surface area contributed by atoms with Gasteiger partial charge in [0.1, 0.15) is 11.3 Å². The summed E-state index contributed by atoms with van der Waals surface area (Å²) in [6.07, 6.45) is 0.974. The van der Waals surface area contributed by atoms with Crippen molar-refractivity contribution >= 4 is 11.7 Å². The Morgan fingerprint density at radius 3 is 2.39 bits per heavy atom. The molecule has 0 atom stereocenters. The number of benzene rings is 1. The molecule has 5 heteroatoms. The highest BCUT2D eigenvalue weighted by Crippen LogP contribution is 2.37. The summed E-state index contributed by atoms with van der Waals surface area (Å²) in [5.41, 5.74) is -0.136. The van der Waals surface area contributed by atoms with E-state index in [-0.39, 0.29) is 6.10 Å². The fourth-order valence-corrected chi connectivity index (χ4v) is 2.16. The molecule has 1 fully saturated rings. The molecule has 5 nitrogen and oxygen atoms in total. The average molecular weight is 251 g/mol. The molecule has 1 saturated carbocycles. The minimum Gasteiger partial charge on any atom is -0.497 e. The number of methoxy groups -OCH3 is 2. The van der Waals surface area contributed by atoms with Crippen molar-refractivity contribution in [3.63, 3.8) is 0 Å². The first-order valence-corrected chi connectivity index (χ1v) is 5.78. The molecule has 0 amide bonds. The van der Waals surface area contributed by atoms with Gasteiger partial charge in [-0.2, -0.15) is 0 Å². The van der Waals surface area contributed by atoms with Crippen LogP contribution in [0.1, 0.15) is 12.8 Å². The Bertz CT molecular complexity index is 423. The molecule has 1 aliphatic carbocycles. The van der Waals surface area contributed by atoms with Crippen molar-refractivity contribution in [3.05, 3.63) is 24.3 Å². The maximum Gasteiger partial charge on any atom is 0.329 e. The highest BCUT2D eigenvalue weighted by molar-refractivity contribution is 5.84. The molecule has 0 radical (unpaired) electrons. The van der Waals surface area contributed by atoms with Gasteiger partial charge in [0.2, 0.25) is 0 Å². The first kappa shape index (κ1) is 12.7. The van der Waals surface area contributed by atoms with Crippen LogP contribution >= 0.6 is 0 Å². The number of carboxylic acid groups (broad SMARTS) is 1. The van der Waals surface area contributed by atoms with Crippen LogP contribution in [0.15, 0.2) is 24.3 Å². The van der Waals surface area contributed by atoms with Gasteiger partial charge in [0.15, 0.2) is 0 Å². The molecule has 0 aliphatic heterocycles. The van der Waals surface area contributed by atoms with Gasteiger partial charge in [0.25, 0.3) is 0 Å². The third-order valence-corrected chi connectivity index (χ3v) is 3.37. The minimum absolute atomic E-state index is 0.0202. The second kappa shape index (κ2) is 4.86. The summed E-state index contributed by atoms with van der Waals surface area (Å²) in [6, 6.07) is 7.21. The smallest absolute Gasteiger partial charge is 0.329 e. The summed E-state index contributed by atoms with van der Waals surface area (Å²) in [5.74, 6) is -0.0973. The Morgan fingerprint density at radius 1 is 1.33 bits per heavy atom. The lowest BCUT2D eigenvalue weighted by Gasteiger charge is -2.44. The Morgan fingerprint density at radius 2 is 1.94 bits per heavy atom. The predicted octanol–water partition coefficient (Wildman–Crippen LogP) is 1.74. The second-order valence-electron chi connectivity index (χ2n) is 4.51. The van der Waals surface area contributed by atoms with E-state index in [1.165, 1.54) is 0 Å². The second-order valence-corrected chi connectivity index (χ2v) is 4.51. The van der Waals surface area contributed by atoms with Crippen LogP contribution in [0.25, 0.3) is 0 Å². The number of hydrogen-bond donors (Lipinski definition) is 2. The molecular formula is C13H17NO4. The van der Waals surface area contributed by atoms with E-state index in [9.17, 15) is 9.90 Å². The van der Waals surface area contributed by atoms with E-state index in [0.29, 0.717) is 12.8 Å². The highest BCUT2D eigenvalue weighted by atomic mass is 16.5. The number of carbonyl (C=O) groups is 1. The average Bonchev–Trinajstić information content (AvgIpc) is 2.33. The molecule has 0 bridgehead atoms. The van der Waals surface area contributed by atoms with Crippen LogP contribution in [-0.4, -0.2) is 36.9 Å². The van der Waals surface area contributed by atoms with E-state index in [4.69, 9.17) is 9.47 Å². The molecule has 2 rings (SSSR count). The Labute approximate surface area is 106 Å². The number of hydrogen-bond acceptors (Lipinski definition) is 4. The standard InChI is InChI=1S/C13H17NO4/c1-17-10-5-3-9(4-6-10)14-13(12(15)16)7-11(8-13)18-2/h3-6,11,14H,7-8H2,1-2H3,(H,15,16). The number of carboxylic acids is 1. The van der Waals surface area contributed by atoms with Gasteiger partial charge in [-0.15, -0.1) is 0 Å². The number of aliphatic carboxylic acids is 1. The monoisotopic (exact) mass is 251 g/mol. The van der Waals surface area contributed by atoms with E-state index in [1.54, 1.807) is 26.4 Å². The number of rotatable bonds is 5. The lowest BCUT2D eigenvalue weighted by Crippen LogP contribution is -2.59. The van der Waals surface area contributed by atoms with Crippen molar-refractivity contribution in [3.8, 4) is 5.75 Å². The summed E-state index contributed by atoms with van der Waals surface area (Å²) < 4.78 is 10.2. The molecule has 98 valence electrons. The van der Waals surface area contributed by atoms with Gasteiger partial charge >= 0.3 is 5.97 Å². The van der Waals surface area contributed by atoms with Gasteiger partial charge in [-0.1, -0.05) is 0 Å². The van der Waals surface area contributed by atoms with E-state index < -0.39 is 11.5 Å². The van der Waals surface area contributed by atoms with Crippen LogP contribution in [0.2, 0.25) is 0 Å². The summed E-state index contributed by atoms with van der Waals surface area (Å²) in [4.78, 5) is 11.3.